The van der Waals surface area contributed by atoms with Gasteiger partial charge in [0.15, 0.2) is 0 Å². The van der Waals surface area contributed by atoms with Crippen molar-refractivity contribution in [2.45, 2.75) is 46.0 Å². The van der Waals surface area contributed by atoms with Gasteiger partial charge in [-0.15, -0.1) is 0 Å². The predicted octanol–water partition coefficient (Wildman–Crippen LogP) is 3.94. The summed E-state index contributed by atoms with van der Waals surface area (Å²) in [6.45, 7) is 5.60. The largest absolute Gasteiger partial charge is 0.271 e. The summed E-state index contributed by atoms with van der Waals surface area (Å²) in [5, 5.41) is 0. The molecule has 0 bridgehead atoms. The maximum atomic E-state index is 2.29. The molecule has 0 aliphatic heterocycles. The number of benzene rings is 1. The van der Waals surface area contributed by atoms with Crippen LogP contribution in [0.3, 0.4) is 0 Å². The molecule has 0 saturated carbocycles. The van der Waals surface area contributed by atoms with Gasteiger partial charge in [0.1, 0.15) is 5.69 Å². The maximum absolute atomic E-state index is 2.29. The van der Waals surface area contributed by atoms with E-state index < -0.39 is 0 Å². The summed E-state index contributed by atoms with van der Waals surface area (Å²) in [6, 6.07) is 8.63. The number of para-hydroxylation sites is 1. The van der Waals surface area contributed by atoms with Crippen LogP contribution in [0, 0.1) is 0 Å². The van der Waals surface area contributed by atoms with Gasteiger partial charge in [0.25, 0.3) is 0 Å². The maximum Gasteiger partial charge on any atom is 0.238 e. The van der Waals surface area contributed by atoms with E-state index in [1.807, 2.05) is 0 Å². The van der Waals surface area contributed by atoms with Crippen molar-refractivity contribution < 1.29 is 4.58 Å². The van der Waals surface area contributed by atoms with Gasteiger partial charge in [-0.1, -0.05) is 44.9 Å². The van der Waals surface area contributed by atoms with Gasteiger partial charge in [-0.3, -0.25) is 4.58 Å². The number of hydrogen-bond acceptors (Lipinski definition) is 0. The van der Waals surface area contributed by atoms with Crippen LogP contribution in [0.4, 0.5) is 5.69 Å². The molecular formula is C17H29N2+. The molecule has 0 aliphatic carbocycles. The van der Waals surface area contributed by atoms with Crippen LogP contribution >= 0.6 is 0 Å². The van der Waals surface area contributed by atoms with Gasteiger partial charge in [0.2, 0.25) is 6.34 Å². The third-order valence-corrected chi connectivity index (χ3v) is 3.49. The lowest BCUT2D eigenvalue weighted by Gasteiger charge is -2.12. The molecular weight excluding hydrogens is 232 g/mol. The second-order valence-electron chi connectivity index (χ2n) is 5.25. The minimum atomic E-state index is 1.08. The molecule has 2 nitrogen and oxygen atoms in total. The molecule has 1 aromatic rings. The quantitative estimate of drug-likeness (QED) is 0.297. The van der Waals surface area contributed by atoms with Crippen molar-refractivity contribution in [2.75, 3.05) is 25.5 Å². The highest BCUT2D eigenvalue weighted by atomic mass is 15.2. The van der Waals surface area contributed by atoms with E-state index in [4.69, 9.17) is 0 Å². The summed E-state index contributed by atoms with van der Waals surface area (Å²) in [6.07, 6.45) is 8.56. The van der Waals surface area contributed by atoms with E-state index in [9.17, 15) is 0 Å². The molecule has 0 amide bonds. The van der Waals surface area contributed by atoms with Gasteiger partial charge < -0.3 is 0 Å². The van der Waals surface area contributed by atoms with Gasteiger partial charge in [-0.25, -0.2) is 4.90 Å². The van der Waals surface area contributed by atoms with Crippen molar-refractivity contribution in [2.24, 2.45) is 0 Å². The fraction of sp³-hybridized carbons (Fsp3) is 0.588. The Hall–Kier alpha value is -1.31. The summed E-state index contributed by atoms with van der Waals surface area (Å²) in [4.78, 5) is 2.23. The average Bonchev–Trinajstić information content (AvgIpc) is 2.43. The number of anilines is 1. The minimum absolute atomic E-state index is 1.08. The van der Waals surface area contributed by atoms with Crippen LogP contribution < -0.4 is 4.90 Å². The second kappa shape index (κ2) is 8.73. The van der Waals surface area contributed by atoms with Gasteiger partial charge >= 0.3 is 0 Å². The van der Waals surface area contributed by atoms with Crippen LogP contribution in [0.5, 0.6) is 0 Å². The third-order valence-electron chi connectivity index (χ3n) is 3.49. The number of nitrogens with zero attached hydrogens (tertiary/aromatic N) is 2. The highest BCUT2D eigenvalue weighted by Gasteiger charge is 2.09. The van der Waals surface area contributed by atoms with Crippen LogP contribution in [0.25, 0.3) is 0 Å². The van der Waals surface area contributed by atoms with Crippen LogP contribution in [-0.2, 0) is 6.42 Å². The van der Waals surface area contributed by atoms with E-state index in [2.05, 4.69) is 68.0 Å². The standard InChI is InChI=1S/C17H29N2/c1-5-7-8-11-14-18(3)15-19(4)17-13-10-9-12-16(17)6-2/h9-10,12-13,15H,5-8,11,14H2,1-4H3/q+1. The molecule has 0 atom stereocenters. The molecule has 0 fully saturated rings. The molecule has 0 unspecified atom stereocenters. The molecule has 0 aliphatic rings. The molecule has 0 spiro atoms. The zero-order valence-electron chi connectivity index (χ0n) is 13.0. The molecule has 106 valence electrons. The van der Waals surface area contributed by atoms with Crippen LogP contribution in [0.15, 0.2) is 24.3 Å². The third kappa shape index (κ3) is 5.46. The smallest absolute Gasteiger partial charge is 0.238 e. The van der Waals surface area contributed by atoms with Crippen LogP contribution in [0.2, 0.25) is 0 Å². The minimum Gasteiger partial charge on any atom is -0.271 e. The van der Waals surface area contributed by atoms with E-state index in [0.717, 1.165) is 13.0 Å². The van der Waals surface area contributed by atoms with E-state index in [1.165, 1.54) is 36.9 Å². The SMILES string of the molecule is CCCCCC[N+](C)=CN(C)c1ccccc1CC. The number of hydrogen-bond donors (Lipinski definition) is 0. The van der Waals surface area contributed by atoms with Gasteiger partial charge in [-0.05, 0) is 30.9 Å². The van der Waals surface area contributed by atoms with E-state index >= 15 is 0 Å². The van der Waals surface area contributed by atoms with Crippen LogP contribution in [-0.4, -0.2) is 31.6 Å². The molecule has 19 heavy (non-hydrogen) atoms. The molecule has 0 saturated heterocycles. The second-order valence-corrected chi connectivity index (χ2v) is 5.25. The van der Waals surface area contributed by atoms with Gasteiger partial charge in [-0.2, -0.15) is 0 Å². The van der Waals surface area contributed by atoms with Gasteiger partial charge in [0, 0.05) is 0 Å². The highest BCUT2D eigenvalue weighted by molar-refractivity contribution is 5.76. The average molecular weight is 261 g/mol. The normalized spacial score (nSPS) is 11.7. The fourth-order valence-electron chi connectivity index (χ4n) is 2.36. The van der Waals surface area contributed by atoms with E-state index in [1.54, 1.807) is 0 Å². The Morgan fingerprint density at radius 3 is 2.53 bits per heavy atom. The lowest BCUT2D eigenvalue weighted by molar-refractivity contribution is -0.494. The molecule has 0 aromatic heterocycles. The van der Waals surface area contributed by atoms with Crippen molar-refractivity contribution in [1.29, 1.82) is 0 Å². The zero-order valence-corrected chi connectivity index (χ0v) is 13.0. The summed E-state index contributed by atoms with van der Waals surface area (Å²) >= 11 is 0. The Bertz CT molecular complexity index is 396. The monoisotopic (exact) mass is 261 g/mol. The van der Waals surface area contributed by atoms with Crippen molar-refractivity contribution >= 4 is 12.0 Å². The molecule has 1 aromatic carbocycles. The lowest BCUT2D eigenvalue weighted by atomic mass is 10.1. The Kier molecular flexibility index (Phi) is 7.24. The Labute approximate surface area is 118 Å². The highest BCUT2D eigenvalue weighted by Crippen LogP contribution is 2.18. The van der Waals surface area contributed by atoms with Gasteiger partial charge in [0.05, 0.1) is 20.6 Å². The predicted molar refractivity (Wildman–Crippen MR) is 85.5 cm³/mol. The molecule has 0 heterocycles. The lowest BCUT2D eigenvalue weighted by Crippen LogP contribution is -2.24. The first-order valence-corrected chi connectivity index (χ1v) is 7.55. The molecule has 1 rings (SSSR count). The van der Waals surface area contributed by atoms with E-state index in [-0.39, 0.29) is 0 Å². The van der Waals surface area contributed by atoms with Crippen molar-refractivity contribution in [3.8, 4) is 0 Å². The Balaban J connectivity index is 2.59. The summed E-state index contributed by atoms with van der Waals surface area (Å²) in [7, 11) is 4.30. The molecule has 2 heteroatoms. The Morgan fingerprint density at radius 1 is 1.11 bits per heavy atom. The number of unbranched alkanes of at least 4 members (excludes halogenated alkanes) is 3. The van der Waals surface area contributed by atoms with Crippen LogP contribution in [0.1, 0.15) is 45.1 Å². The van der Waals surface area contributed by atoms with Crippen molar-refractivity contribution in [3.63, 3.8) is 0 Å². The topological polar surface area (TPSA) is 6.25 Å². The zero-order chi connectivity index (χ0) is 14.1. The fourth-order valence-corrected chi connectivity index (χ4v) is 2.36. The molecule has 0 N–H and O–H groups in total. The van der Waals surface area contributed by atoms with E-state index in [0.29, 0.717) is 0 Å². The first-order valence-electron chi connectivity index (χ1n) is 7.55. The molecule has 0 radical (unpaired) electrons. The first kappa shape index (κ1) is 15.7. The first-order chi connectivity index (χ1) is 9.19. The number of rotatable bonds is 8. The summed E-state index contributed by atoms with van der Waals surface area (Å²) in [5.74, 6) is 0. The number of aryl methyl sites for hydroxylation is 1. The summed E-state index contributed by atoms with van der Waals surface area (Å²) in [5.41, 5.74) is 2.71. The van der Waals surface area contributed by atoms with Crippen molar-refractivity contribution in [3.05, 3.63) is 29.8 Å². The summed E-state index contributed by atoms with van der Waals surface area (Å²) < 4.78 is 2.29. The van der Waals surface area contributed by atoms with Crippen molar-refractivity contribution in [1.82, 2.24) is 0 Å². The Morgan fingerprint density at radius 2 is 1.84 bits per heavy atom.